The van der Waals surface area contributed by atoms with Crippen molar-refractivity contribution >= 4 is 5.91 Å². The van der Waals surface area contributed by atoms with E-state index in [4.69, 9.17) is 9.26 Å². The molecule has 0 spiro atoms. The molecule has 0 bridgehead atoms. The van der Waals surface area contributed by atoms with Gasteiger partial charge in [-0.05, 0) is 35.4 Å². The van der Waals surface area contributed by atoms with Crippen molar-refractivity contribution in [3.05, 3.63) is 113 Å². The molecule has 0 fully saturated rings. The van der Waals surface area contributed by atoms with E-state index in [0.29, 0.717) is 23.0 Å². The molecule has 4 aromatic rings. The van der Waals surface area contributed by atoms with Crippen molar-refractivity contribution in [2.75, 3.05) is 0 Å². The second-order valence-corrected chi connectivity index (χ2v) is 6.77. The van der Waals surface area contributed by atoms with Crippen molar-refractivity contribution in [2.24, 2.45) is 0 Å². The zero-order valence-electron chi connectivity index (χ0n) is 16.5. The van der Waals surface area contributed by atoms with Gasteiger partial charge in [0, 0.05) is 12.5 Å². The fraction of sp³-hybridized carbons (Fsp3) is 0.125. The standard InChI is InChI=1S/C24H21N3O3/c1-17-25-22(27-30-17)16-29-21-14-12-20(13-15-21)24(28)26-23(18-8-4-2-5-9-18)19-10-6-3-7-11-19/h2-15,23H,16H2,1H3,(H,26,28). The van der Waals surface area contributed by atoms with E-state index in [0.717, 1.165) is 11.1 Å². The zero-order valence-corrected chi connectivity index (χ0v) is 16.5. The molecule has 1 amide bonds. The van der Waals surface area contributed by atoms with Crippen molar-refractivity contribution in [2.45, 2.75) is 19.6 Å². The van der Waals surface area contributed by atoms with Gasteiger partial charge < -0.3 is 14.6 Å². The van der Waals surface area contributed by atoms with E-state index in [2.05, 4.69) is 15.5 Å². The van der Waals surface area contributed by atoms with Crippen LogP contribution in [0.2, 0.25) is 0 Å². The Balaban J connectivity index is 1.46. The van der Waals surface area contributed by atoms with Crippen LogP contribution in [0.5, 0.6) is 5.75 Å². The molecule has 1 aromatic heterocycles. The summed E-state index contributed by atoms with van der Waals surface area (Å²) in [7, 11) is 0. The van der Waals surface area contributed by atoms with E-state index in [9.17, 15) is 4.79 Å². The van der Waals surface area contributed by atoms with E-state index in [-0.39, 0.29) is 18.6 Å². The molecule has 6 heteroatoms. The van der Waals surface area contributed by atoms with Crippen LogP contribution in [0.15, 0.2) is 89.5 Å². The Hall–Kier alpha value is -3.93. The summed E-state index contributed by atoms with van der Waals surface area (Å²) in [6, 6.07) is 26.6. The lowest BCUT2D eigenvalue weighted by Crippen LogP contribution is -2.29. The normalized spacial score (nSPS) is 10.7. The molecule has 1 N–H and O–H groups in total. The molecule has 0 radical (unpaired) electrons. The monoisotopic (exact) mass is 399 g/mol. The van der Waals surface area contributed by atoms with Crippen LogP contribution < -0.4 is 10.1 Å². The highest BCUT2D eigenvalue weighted by Gasteiger charge is 2.17. The minimum Gasteiger partial charge on any atom is -0.485 e. The number of carbonyl (C=O) groups excluding carboxylic acids is 1. The van der Waals surface area contributed by atoms with Gasteiger partial charge in [0.05, 0.1) is 6.04 Å². The third-order valence-electron chi connectivity index (χ3n) is 4.60. The largest absolute Gasteiger partial charge is 0.485 e. The average Bonchev–Trinajstić information content (AvgIpc) is 3.22. The van der Waals surface area contributed by atoms with Crippen LogP contribution in [-0.4, -0.2) is 16.0 Å². The Kier molecular flexibility index (Phi) is 5.85. The average molecular weight is 399 g/mol. The molecule has 150 valence electrons. The van der Waals surface area contributed by atoms with Gasteiger partial charge in [-0.2, -0.15) is 4.98 Å². The van der Waals surface area contributed by atoms with Crippen LogP contribution in [-0.2, 0) is 6.61 Å². The van der Waals surface area contributed by atoms with E-state index >= 15 is 0 Å². The molecule has 0 aliphatic heterocycles. The minimum atomic E-state index is -0.239. The number of hydrogen-bond acceptors (Lipinski definition) is 5. The van der Waals surface area contributed by atoms with Gasteiger partial charge >= 0.3 is 0 Å². The van der Waals surface area contributed by atoms with Crippen LogP contribution >= 0.6 is 0 Å². The molecule has 0 aliphatic carbocycles. The topological polar surface area (TPSA) is 77.2 Å². The number of rotatable bonds is 7. The molecular formula is C24H21N3O3. The fourth-order valence-corrected chi connectivity index (χ4v) is 3.11. The quantitative estimate of drug-likeness (QED) is 0.496. The molecule has 0 aliphatic rings. The number of nitrogens with one attached hydrogen (secondary N) is 1. The van der Waals surface area contributed by atoms with Crippen LogP contribution in [0.3, 0.4) is 0 Å². The van der Waals surface area contributed by atoms with Crippen LogP contribution in [0.1, 0.15) is 39.2 Å². The van der Waals surface area contributed by atoms with Crippen LogP contribution in [0.25, 0.3) is 0 Å². The Morgan fingerprint density at radius 2 is 1.53 bits per heavy atom. The highest BCUT2D eigenvalue weighted by molar-refractivity contribution is 5.94. The summed E-state index contributed by atoms with van der Waals surface area (Å²) in [6.07, 6.45) is 0. The lowest BCUT2D eigenvalue weighted by atomic mass is 9.98. The van der Waals surface area contributed by atoms with Gasteiger partial charge in [-0.15, -0.1) is 0 Å². The summed E-state index contributed by atoms with van der Waals surface area (Å²) in [6.45, 7) is 1.93. The van der Waals surface area contributed by atoms with Crippen molar-refractivity contribution in [3.63, 3.8) is 0 Å². The summed E-state index contributed by atoms with van der Waals surface area (Å²) in [5.41, 5.74) is 2.59. The van der Waals surface area contributed by atoms with Gasteiger partial charge in [0.25, 0.3) is 5.91 Å². The number of amides is 1. The number of ether oxygens (including phenoxy) is 1. The zero-order chi connectivity index (χ0) is 20.8. The van der Waals surface area contributed by atoms with Crippen molar-refractivity contribution in [1.82, 2.24) is 15.5 Å². The van der Waals surface area contributed by atoms with E-state index in [1.165, 1.54) is 0 Å². The fourth-order valence-electron chi connectivity index (χ4n) is 3.11. The summed E-state index contributed by atoms with van der Waals surface area (Å²) in [4.78, 5) is 17.0. The molecule has 1 heterocycles. The molecule has 0 saturated carbocycles. The molecule has 0 atom stereocenters. The number of carbonyl (C=O) groups is 1. The van der Waals surface area contributed by atoms with E-state index < -0.39 is 0 Å². The summed E-state index contributed by atoms with van der Waals surface area (Å²) >= 11 is 0. The lowest BCUT2D eigenvalue weighted by molar-refractivity contribution is 0.0943. The van der Waals surface area contributed by atoms with E-state index in [1.807, 2.05) is 60.7 Å². The van der Waals surface area contributed by atoms with Gasteiger partial charge in [-0.25, -0.2) is 0 Å². The molecule has 6 nitrogen and oxygen atoms in total. The van der Waals surface area contributed by atoms with Gasteiger partial charge in [-0.3, -0.25) is 4.79 Å². The van der Waals surface area contributed by atoms with Gasteiger partial charge in [-0.1, -0.05) is 65.8 Å². The predicted octanol–water partition coefficient (Wildman–Crippen LogP) is 4.48. The second-order valence-electron chi connectivity index (χ2n) is 6.77. The smallest absolute Gasteiger partial charge is 0.252 e. The molecule has 0 saturated heterocycles. The van der Waals surface area contributed by atoms with Crippen LogP contribution in [0.4, 0.5) is 0 Å². The first-order valence-electron chi connectivity index (χ1n) is 9.62. The third kappa shape index (κ3) is 4.72. The number of hydrogen-bond donors (Lipinski definition) is 1. The third-order valence-corrected chi connectivity index (χ3v) is 4.60. The maximum absolute atomic E-state index is 12.9. The highest BCUT2D eigenvalue weighted by atomic mass is 16.5. The number of nitrogens with zero attached hydrogens (tertiary/aromatic N) is 2. The molecule has 0 unspecified atom stereocenters. The summed E-state index contributed by atoms with van der Waals surface area (Å²) in [5, 5.41) is 6.93. The Labute approximate surface area is 174 Å². The highest BCUT2D eigenvalue weighted by Crippen LogP contribution is 2.23. The van der Waals surface area contributed by atoms with E-state index in [1.54, 1.807) is 31.2 Å². The summed E-state index contributed by atoms with van der Waals surface area (Å²) < 4.78 is 10.6. The van der Waals surface area contributed by atoms with Crippen molar-refractivity contribution in [3.8, 4) is 5.75 Å². The molecule has 30 heavy (non-hydrogen) atoms. The SMILES string of the molecule is Cc1nc(COc2ccc(C(=O)NC(c3ccccc3)c3ccccc3)cc2)no1. The maximum Gasteiger partial charge on any atom is 0.252 e. The van der Waals surface area contributed by atoms with Gasteiger partial charge in [0.15, 0.2) is 6.61 Å². The number of benzene rings is 3. The first-order valence-corrected chi connectivity index (χ1v) is 9.62. The van der Waals surface area contributed by atoms with Crippen molar-refractivity contribution < 1.29 is 14.1 Å². The summed E-state index contributed by atoms with van der Waals surface area (Å²) in [5.74, 6) is 1.43. The van der Waals surface area contributed by atoms with Crippen LogP contribution in [0, 0.1) is 6.92 Å². The van der Waals surface area contributed by atoms with Crippen molar-refractivity contribution in [1.29, 1.82) is 0 Å². The molecule has 3 aromatic carbocycles. The number of aryl methyl sites for hydroxylation is 1. The first-order chi connectivity index (χ1) is 14.7. The maximum atomic E-state index is 12.9. The molecular weight excluding hydrogens is 378 g/mol. The second kappa shape index (κ2) is 9.05. The molecule has 4 rings (SSSR count). The predicted molar refractivity (Wildman–Crippen MR) is 112 cm³/mol. The minimum absolute atomic E-state index is 0.159. The Morgan fingerprint density at radius 1 is 0.933 bits per heavy atom. The number of aromatic nitrogens is 2. The van der Waals surface area contributed by atoms with Gasteiger partial charge in [0.1, 0.15) is 5.75 Å². The lowest BCUT2D eigenvalue weighted by Gasteiger charge is -2.20. The Morgan fingerprint density at radius 3 is 2.07 bits per heavy atom. The van der Waals surface area contributed by atoms with Gasteiger partial charge in [0.2, 0.25) is 11.7 Å². The first kappa shape index (κ1) is 19.4. The Bertz CT molecular complexity index is 1050.